The minimum Gasteiger partial charge on any atom is -0.494 e. The van der Waals surface area contributed by atoms with E-state index in [-0.39, 0.29) is 11.7 Å². The normalized spacial score (nSPS) is 10.7. The first kappa shape index (κ1) is 22.6. The molecule has 0 bridgehead atoms. The zero-order valence-corrected chi connectivity index (χ0v) is 19.5. The number of aromatic nitrogens is 3. The van der Waals surface area contributed by atoms with Crippen LogP contribution in [0.3, 0.4) is 0 Å². The molecule has 0 aliphatic rings. The number of hydrogen-bond acceptors (Lipinski definition) is 5. The van der Waals surface area contributed by atoms with Crippen molar-refractivity contribution >= 4 is 23.4 Å². The Hall–Kier alpha value is -3.58. The zero-order valence-electron chi connectivity index (χ0n) is 18.7. The minimum absolute atomic E-state index is 0.0910. The third kappa shape index (κ3) is 5.62. The molecule has 0 unspecified atom stereocenters. The van der Waals surface area contributed by atoms with Crippen molar-refractivity contribution in [1.82, 2.24) is 14.8 Å². The van der Waals surface area contributed by atoms with Gasteiger partial charge in [-0.05, 0) is 55.3 Å². The van der Waals surface area contributed by atoms with Crippen LogP contribution in [0.1, 0.15) is 19.4 Å². The highest BCUT2D eigenvalue weighted by Crippen LogP contribution is 2.29. The third-order valence-corrected chi connectivity index (χ3v) is 5.98. The molecule has 0 radical (unpaired) electrons. The summed E-state index contributed by atoms with van der Waals surface area (Å²) in [7, 11) is 0. The Morgan fingerprint density at radius 3 is 2.33 bits per heavy atom. The Labute approximate surface area is 198 Å². The molecule has 0 saturated heterocycles. The number of aryl methyl sites for hydroxylation is 1. The van der Waals surface area contributed by atoms with Crippen LogP contribution in [-0.4, -0.2) is 33.0 Å². The van der Waals surface area contributed by atoms with Crippen LogP contribution >= 0.6 is 11.8 Å². The lowest BCUT2D eigenvalue weighted by molar-refractivity contribution is -0.113. The van der Waals surface area contributed by atoms with Crippen molar-refractivity contribution in [2.24, 2.45) is 0 Å². The van der Waals surface area contributed by atoms with Crippen molar-refractivity contribution in [3.8, 4) is 22.8 Å². The fourth-order valence-corrected chi connectivity index (χ4v) is 4.13. The van der Waals surface area contributed by atoms with Gasteiger partial charge in [0.15, 0.2) is 11.0 Å². The topological polar surface area (TPSA) is 69.0 Å². The van der Waals surface area contributed by atoms with Gasteiger partial charge in [-0.2, -0.15) is 0 Å². The minimum atomic E-state index is -0.0910. The molecule has 0 fully saturated rings. The van der Waals surface area contributed by atoms with Crippen LogP contribution in [0.15, 0.2) is 84.0 Å². The molecule has 1 amide bonds. The van der Waals surface area contributed by atoms with Crippen LogP contribution in [0.4, 0.5) is 5.69 Å². The molecule has 1 N–H and O–H groups in total. The van der Waals surface area contributed by atoms with Crippen LogP contribution in [0, 0.1) is 0 Å². The predicted octanol–water partition coefficient (Wildman–Crippen LogP) is 5.63. The fraction of sp³-hybridized carbons (Fsp3) is 0.192. The quantitative estimate of drug-likeness (QED) is 0.329. The molecule has 33 heavy (non-hydrogen) atoms. The number of hydrogen-bond donors (Lipinski definition) is 1. The van der Waals surface area contributed by atoms with Gasteiger partial charge in [-0.15, -0.1) is 10.2 Å². The maximum Gasteiger partial charge on any atom is 0.234 e. The number of benzene rings is 3. The number of thioether (sulfide) groups is 1. The molecule has 3 aromatic carbocycles. The molecular weight excluding hydrogens is 432 g/mol. The molecule has 0 spiro atoms. The molecule has 0 saturated carbocycles. The zero-order chi connectivity index (χ0) is 23.0. The van der Waals surface area contributed by atoms with E-state index in [1.54, 1.807) is 0 Å². The number of nitrogens with zero attached hydrogens (tertiary/aromatic N) is 3. The lowest BCUT2D eigenvalue weighted by Crippen LogP contribution is -2.14. The van der Waals surface area contributed by atoms with Gasteiger partial charge in [-0.25, -0.2) is 0 Å². The molecular formula is C26H26N4O2S. The Bertz CT molecular complexity index is 1190. The number of amides is 1. The summed E-state index contributed by atoms with van der Waals surface area (Å²) in [6, 6.07) is 25.6. The van der Waals surface area contributed by atoms with Crippen LogP contribution in [0.25, 0.3) is 17.1 Å². The average Bonchev–Trinajstić information content (AvgIpc) is 3.28. The number of nitrogens with one attached hydrogen (secondary N) is 1. The molecule has 0 aliphatic heterocycles. The van der Waals surface area contributed by atoms with E-state index in [0.29, 0.717) is 11.8 Å². The number of anilines is 1. The summed E-state index contributed by atoms with van der Waals surface area (Å²) in [5.41, 5.74) is 3.88. The summed E-state index contributed by atoms with van der Waals surface area (Å²) in [5.74, 6) is 1.65. The van der Waals surface area contributed by atoms with Crippen molar-refractivity contribution < 1.29 is 9.53 Å². The Balaban J connectivity index is 1.55. The van der Waals surface area contributed by atoms with Gasteiger partial charge < -0.3 is 10.1 Å². The van der Waals surface area contributed by atoms with Gasteiger partial charge in [0.2, 0.25) is 5.91 Å². The summed E-state index contributed by atoms with van der Waals surface area (Å²) < 4.78 is 7.55. The lowest BCUT2D eigenvalue weighted by atomic mass is 10.1. The van der Waals surface area contributed by atoms with E-state index < -0.39 is 0 Å². The first-order valence-electron chi connectivity index (χ1n) is 10.9. The largest absolute Gasteiger partial charge is 0.494 e. The van der Waals surface area contributed by atoms with Crippen LogP contribution in [0.5, 0.6) is 5.75 Å². The SMILES string of the molecule is CCOc1ccc(-n2c(SCC(=O)Nc3ccc(CC)cc3)nnc2-c2ccccc2)cc1. The Kier molecular flexibility index (Phi) is 7.42. The second kappa shape index (κ2) is 10.8. The van der Waals surface area contributed by atoms with Crippen LogP contribution in [0.2, 0.25) is 0 Å². The van der Waals surface area contributed by atoms with Gasteiger partial charge in [-0.1, -0.05) is 61.2 Å². The molecule has 7 heteroatoms. The van der Waals surface area contributed by atoms with Crippen molar-refractivity contribution in [3.05, 3.63) is 84.4 Å². The molecule has 168 valence electrons. The standard InChI is InChI=1S/C26H26N4O2S/c1-3-19-10-12-21(13-11-19)27-24(31)18-33-26-29-28-25(20-8-6-5-7-9-20)30(26)22-14-16-23(17-15-22)32-4-2/h5-17H,3-4,18H2,1-2H3,(H,27,31). The lowest BCUT2D eigenvalue weighted by Gasteiger charge is -2.12. The van der Waals surface area contributed by atoms with Gasteiger partial charge in [0, 0.05) is 16.9 Å². The first-order valence-corrected chi connectivity index (χ1v) is 11.9. The summed E-state index contributed by atoms with van der Waals surface area (Å²) in [6.45, 7) is 4.67. The molecule has 6 nitrogen and oxygen atoms in total. The van der Waals surface area contributed by atoms with Gasteiger partial charge in [0.25, 0.3) is 0 Å². The summed E-state index contributed by atoms with van der Waals surface area (Å²) in [6.07, 6.45) is 0.967. The highest BCUT2D eigenvalue weighted by molar-refractivity contribution is 7.99. The number of carbonyl (C=O) groups is 1. The Morgan fingerprint density at radius 2 is 1.67 bits per heavy atom. The first-order chi connectivity index (χ1) is 16.2. The summed E-state index contributed by atoms with van der Waals surface area (Å²) in [4.78, 5) is 12.6. The van der Waals surface area contributed by atoms with Crippen molar-refractivity contribution in [2.75, 3.05) is 17.7 Å². The molecule has 1 aromatic heterocycles. The second-order valence-electron chi connectivity index (χ2n) is 7.32. The van der Waals surface area contributed by atoms with Crippen molar-refractivity contribution in [1.29, 1.82) is 0 Å². The monoisotopic (exact) mass is 458 g/mol. The van der Waals surface area contributed by atoms with E-state index in [1.165, 1.54) is 17.3 Å². The average molecular weight is 459 g/mol. The molecule has 4 rings (SSSR count). The second-order valence-corrected chi connectivity index (χ2v) is 8.26. The molecule has 0 aliphatic carbocycles. The summed E-state index contributed by atoms with van der Waals surface area (Å²) in [5, 5.41) is 12.4. The fourth-order valence-electron chi connectivity index (χ4n) is 3.38. The third-order valence-electron chi connectivity index (χ3n) is 5.05. The van der Waals surface area contributed by atoms with E-state index in [2.05, 4.69) is 22.4 Å². The molecule has 0 atom stereocenters. The van der Waals surface area contributed by atoms with E-state index in [1.807, 2.05) is 90.4 Å². The van der Waals surface area contributed by atoms with Crippen molar-refractivity contribution in [2.45, 2.75) is 25.4 Å². The van der Waals surface area contributed by atoms with Gasteiger partial charge in [0.05, 0.1) is 12.4 Å². The summed E-state index contributed by atoms with van der Waals surface area (Å²) >= 11 is 1.35. The van der Waals surface area contributed by atoms with Gasteiger partial charge in [-0.3, -0.25) is 9.36 Å². The van der Waals surface area contributed by atoms with Gasteiger partial charge >= 0.3 is 0 Å². The maximum atomic E-state index is 12.6. The number of ether oxygens (including phenoxy) is 1. The van der Waals surface area contributed by atoms with E-state index in [4.69, 9.17) is 4.74 Å². The molecule has 1 heterocycles. The smallest absolute Gasteiger partial charge is 0.234 e. The van der Waals surface area contributed by atoms with Crippen molar-refractivity contribution in [3.63, 3.8) is 0 Å². The van der Waals surface area contributed by atoms with Crippen LogP contribution in [-0.2, 0) is 11.2 Å². The van der Waals surface area contributed by atoms with E-state index >= 15 is 0 Å². The van der Waals surface area contributed by atoms with E-state index in [9.17, 15) is 4.79 Å². The van der Waals surface area contributed by atoms with E-state index in [0.717, 1.165) is 34.9 Å². The highest BCUT2D eigenvalue weighted by Gasteiger charge is 2.17. The molecule has 4 aromatic rings. The Morgan fingerprint density at radius 1 is 0.939 bits per heavy atom. The predicted molar refractivity (Wildman–Crippen MR) is 133 cm³/mol. The highest BCUT2D eigenvalue weighted by atomic mass is 32.2. The maximum absolute atomic E-state index is 12.6. The number of carbonyl (C=O) groups excluding carboxylic acids is 1. The van der Waals surface area contributed by atoms with Gasteiger partial charge in [0.1, 0.15) is 5.75 Å². The van der Waals surface area contributed by atoms with Crippen LogP contribution < -0.4 is 10.1 Å². The number of rotatable bonds is 9.